The molecule has 112 valence electrons. The predicted molar refractivity (Wildman–Crippen MR) is 77.4 cm³/mol. The zero-order chi connectivity index (χ0) is 14.8. The first kappa shape index (κ1) is 15.1. The molecule has 0 saturated carbocycles. The summed E-state index contributed by atoms with van der Waals surface area (Å²) in [5, 5.41) is 0. The highest BCUT2D eigenvalue weighted by Crippen LogP contribution is 2.28. The van der Waals surface area contributed by atoms with Crippen molar-refractivity contribution in [3.05, 3.63) is 23.3 Å². The zero-order valence-electron chi connectivity index (χ0n) is 12.0. The Morgan fingerprint density at radius 2 is 1.90 bits per heavy atom. The maximum Gasteiger partial charge on any atom is 0.301 e. The van der Waals surface area contributed by atoms with Gasteiger partial charge in [0.05, 0.1) is 26.0 Å². The van der Waals surface area contributed by atoms with E-state index >= 15 is 0 Å². The fourth-order valence-electron chi connectivity index (χ4n) is 2.13. The summed E-state index contributed by atoms with van der Waals surface area (Å²) in [4.78, 5) is 0. The second-order valence-corrected chi connectivity index (χ2v) is 6.43. The van der Waals surface area contributed by atoms with Crippen molar-refractivity contribution in [1.82, 2.24) is 4.31 Å². The van der Waals surface area contributed by atoms with Crippen LogP contribution in [0.3, 0.4) is 0 Å². The van der Waals surface area contributed by atoms with E-state index in [2.05, 4.69) is 4.72 Å². The van der Waals surface area contributed by atoms with Gasteiger partial charge in [-0.2, -0.15) is 12.7 Å². The van der Waals surface area contributed by atoms with Crippen LogP contribution in [0.25, 0.3) is 0 Å². The first-order chi connectivity index (χ1) is 9.44. The monoisotopic (exact) mass is 300 g/mol. The summed E-state index contributed by atoms with van der Waals surface area (Å²) in [6.07, 6.45) is 0. The van der Waals surface area contributed by atoms with E-state index in [1.165, 1.54) is 4.31 Å². The number of morpholine rings is 1. The van der Waals surface area contributed by atoms with Gasteiger partial charge in [0.25, 0.3) is 0 Å². The Balaban J connectivity index is 2.26. The Hall–Kier alpha value is -1.31. The van der Waals surface area contributed by atoms with E-state index in [-0.39, 0.29) is 0 Å². The molecular weight excluding hydrogens is 280 g/mol. The van der Waals surface area contributed by atoms with Gasteiger partial charge in [0.2, 0.25) is 0 Å². The number of anilines is 1. The van der Waals surface area contributed by atoms with Crippen molar-refractivity contribution < 1.29 is 17.9 Å². The van der Waals surface area contributed by atoms with Gasteiger partial charge in [-0.15, -0.1) is 0 Å². The molecule has 1 aromatic carbocycles. The first-order valence-corrected chi connectivity index (χ1v) is 7.89. The Morgan fingerprint density at radius 3 is 2.50 bits per heavy atom. The van der Waals surface area contributed by atoms with Crippen LogP contribution in [-0.4, -0.2) is 46.1 Å². The summed E-state index contributed by atoms with van der Waals surface area (Å²) in [6.45, 7) is 5.33. The molecule has 1 aromatic rings. The molecular formula is C13H20N2O4S. The molecule has 0 unspecified atom stereocenters. The van der Waals surface area contributed by atoms with Crippen molar-refractivity contribution in [2.24, 2.45) is 0 Å². The van der Waals surface area contributed by atoms with E-state index in [4.69, 9.17) is 9.47 Å². The number of methoxy groups -OCH3 is 1. The van der Waals surface area contributed by atoms with Crippen molar-refractivity contribution in [3.63, 3.8) is 0 Å². The summed E-state index contributed by atoms with van der Waals surface area (Å²) in [5.74, 6) is 0.671. The van der Waals surface area contributed by atoms with Crippen LogP contribution in [0.2, 0.25) is 0 Å². The molecule has 0 amide bonds. The lowest BCUT2D eigenvalue weighted by molar-refractivity contribution is 0.0733. The van der Waals surface area contributed by atoms with Gasteiger partial charge in [0.1, 0.15) is 5.75 Å². The third-order valence-corrected chi connectivity index (χ3v) is 4.80. The highest BCUT2D eigenvalue weighted by molar-refractivity contribution is 7.90. The molecule has 0 atom stereocenters. The average Bonchev–Trinajstić information content (AvgIpc) is 2.43. The number of rotatable bonds is 4. The van der Waals surface area contributed by atoms with E-state index < -0.39 is 10.2 Å². The topological polar surface area (TPSA) is 67.9 Å². The predicted octanol–water partition coefficient (Wildman–Crippen LogP) is 1.30. The van der Waals surface area contributed by atoms with Crippen LogP contribution in [0.15, 0.2) is 12.1 Å². The molecule has 1 aliphatic rings. The molecule has 1 saturated heterocycles. The average molecular weight is 300 g/mol. The minimum absolute atomic E-state index is 0.372. The molecule has 2 rings (SSSR count). The maximum atomic E-state index is 12.3. The molecule has 1 fully saturated rings. The Labute approximate surface area is 119 Å². The molecule has 20 heavy (non-hydrogen) atoms. The third-order valence-electron chi connectivity index (χ3n) is 3.27. The third kappa shape index (κ3) is 3.23. The van der Waals surface area contributed by atoms with E-state index in [9.17, 15) is 8.42 Å². The van der Waals surface area contributed by atoms with Crippen LogP contribution in [0.4, 0.5) is 5.69 Å². The fourth-order valence-corrected chi connectivity index (χ4v) is 3.38. The highest BCUT2D eigenvalue weighted by Gasteiger charge is 2.25. The van der Waals surface area contributed by atoms with Gasteiger partial charge in [-0.3, -0.25) is 4.72 Å². The summed E-state index contributed by atoms with van der Waals surface area (Å²) < 4.78 is 39.1. The van der Waals surface area contributed by atoms with Gasteiger partial charge in [0, 0.05) is 18.7 Å². The normalized spacial score (nSPS) is 16.9. The van der Waals surface area contributed by atoms with Crippen LogP contribution in [0.5, 0.6) is 5.75 Å². The largest absolute Gasteiger partial charge is 0.496 e. The van der Waals surface area contributed by atoms with Crippen LogP contribution in [0, 0.1) is 13.8 Å². The Bertz CT molecular complexity index is 580. The number of hydrogen-bond acceptors (Lipinski definition) is 4. The van der Waals surface area contributed by atoms with Gasteiger partial charge in [-0.1, -0.05) is 0 Å². The second-order valence-electron chi connectivity index (χ2n) is 4.76. The minimum atomic E-state index is -3.55. The Kier molecular flexibility index (Phi) is 4.52. The maximum absolute atomic E-state index is 12.3. The van der Waals surface area contributed by atoms with E-state index in [0.717, 1.165) is 11.1 Å². The molecule has 0 aliphatic carbocycles. The van der Waals surface area contributed by atoms with E-state index in [1.807, 2.05) is 19.9 Å². The Morgan fingerprint density at radius 1 is 1.25 bits per heavy atom. The molecule has 6 nitrogen and oxygen atoms in total. The fraction of sp³-hybridized carbons (Fsp3) is 0.538. The summed E-state index contributed by atoms with van der Waals surface area (Å²) >= 11 is 0. The molecule has 0 spiro atoms. The van der Waals surface area contributed by atoms with Crippen LogP contribution >= 0.6 is 0 Å². The number of nitrogens with zero attached hydrogens (tertiary/aromatic N) is 1. The van der Waals surface area contributed by atoms with Crippen LogP contribution in [-0.2, 0) is 14.9 Å². The van der Waals surface area contributed by atoms with Crippen molar-refractivity contribution in [3.8, 4) is 5.75 Å². The van der Waals surface area contributed by atoms with Gasteiger partial charge in [-0.05, 0) is 31.5 Å². The number of aryl methyl sites for hydroxylation is 1. The van der Waals surface area contributed by atoms with Gasteiger partial charge in [-0.25, -0.2) is 0 Å². The molecule has 0 radical (unpaired) electrons. The van der Waals surface area contributed by atoms with E-state index in [0.29, 0.717) is 37.7 Å². The van der Waals surface area contributed by atoms with Crippen molar-refractivity contribution in [2.45, 2.75) is 13.8 Å². The quantitative estimate of drug-likeness (QED) is 0.910. The summed E-state index contributed by atoms with van der Waals surface area (Å²) in [6, 6.07) is 3.68. The highest BCUT2D eigenvalue weighted by atomic mass is 32.2. The summed E-state index contributed by atoms with van der Waals surface area (Å²) in [7, 11) is -1.98. The van der Waals surface area contributed by atoms with Gasteiger partial charge in [0.15, 0.2) is 0 Å². The number of hydrogen-bond donors (Lipinski definition) is 1. The lowest BCUT2D eigenvalue weighted by atomic mass is 10.1. The second kappa shape index (κ2) is 5.99. The molecule has 1 heterocycles. The minimum Gasteiger partial charge on any atom is -0.496 e. The number of nitrogens with one attached hydrogen (secondary N) is 1. The van der Waals surface area contributed by atoms with Crippen LogP contribution in [0.1, 0.15) is 11.1 Å². The van der Waals surface area contributed by atoms with Crippen molar-refractivity contribution in [2.75, 3.05) is 38.1 Å². The zero-order valence-corrected chi connectivity index (χ0v) is 12.8. The van der Waals surface area contributed by atoms with Crippen molar-refractivity contribution >= 4 is 15.9 Å². The van der Waals surface area contributed by atoms with Crippen molar-refractivity contribution in [1.29, 1.82) is 0 Å². The molecule has 7 heteroatoms. The van der Waals surface area contributed by atoms with Gasteiger partial charge >= 0.3 is 10.2 Å². The SMILES string of the molecule is COc1cc(C)cc(NS(=O)(=O)N2CCOCC2)c1C. The number of ether oxygens (including phenoxy) is 2. The number of benzene rings is 1. The first-order valence-electron chi connectivity index (χ1n) is 6.45. The van der Waals surface area contributed by atoms with Crippen LogP contribution < -0.4 is 9.46 Å². The smallest absolute Gasteiger partial charge is 0.301 e. The lowest BCUT2D eigenvalue weighted by Gasteiger charge is -2.27. The summed E-state index contributed by atoms with van der Waals surface area (Å²) in [5.41, 5.74) is 2.26. The molecule has 1 aliphatic heterocycles. The van der Waals surface area contributed by atoms with E-state index in [1.54, 1.807) is 13.2 Å². The standard InChI is InChI=1S/C13H20N2O4S/c1-10-8-12(11(2)13(9-10)18-3)14-20(16,17)15-4-6-19-7-5-15/h8-9,14H,4-7H2,1-3H3. The molecule has 0 aromatic heterocycles. The molecule has 0 bridgehead atoms. The van der Waals surface area contributed by atoms with Gasteiger partial charge < -0.3 is 9.47 Å². The lowest BCUT2D eigenvalue weighted by Crippen LogP contribution is -2.43. The molecule has 1 N–H and O–H groups in total.